The van der Waals surface area contributed by atoms with E-state index in [4.69, 9.17) is 0 Å². The third kappa shape index (κ3) is 5.69. The monoisotopic (exact) mass is 317 g/mol. The molecule has 0 heterocycles. The van der Waals surface area contributed by atoms with Gasteiger partial charge in [-0.05, 0) is 11.1 Å². The predicted molar refractivity (Wildman–Crippen MR) is 86.8 cm³/mol. The zero-order valence-corrected chi connectivity index (χ0v) is 13.1. The van der Waals surface area contributed by atoms with Crippen LogP contribution in [0.4, 0.5) is 0 Å². The highest BCUT2D eigenvalue weighted by Crippen LogP contribution is 2.07. The molecule has 116 valence electrons. The molecule has 0 aromatic heterocycles. The Morgan fingerprint density at radius 1 is 0.864 bits per heavy atom. The minimum absolute atomic E-state index is 0.0119. The molecule has 2 aromatic carbocycles. The van der Waals surface area contributed by atoms with Crippen LogP contribution in [0.3, 0.4) is 0 Å². The summed E-state index contributed by atoms with van der Waals surface area (Å²) in [5, 5.41) is 2.73. The molecule has 2 rings (SSSR count). The second kappa shape index (κ2) is 7.75. The van der Waals surface area contributed by atoms with Crippen LogP contribution in [0.1, 0.15) is 17.5 Å². The maximum absolute atomic E-state index is 12.0. The van der Waals surface area contributed by atoms with E-state index in [1.165, 1.54) is 0 Å². The number of carbonyl (C=O) groups excluding carboxylic acids is 1. The van der Waals surface area contributed by atoms with E-state index in [0.717, 1.165) is 11.1 Å². The lowest BCUT2D eigenvalue weighted by Gasteiger charge is -2.06. The minimum atomic E-state index is -3.27. The first-order valence-electron chi connectivity index (χ1n) is 7.10. The average Bonchev–Trinajstić information content (AvgIpc) is 2.53. The lowest BCUT2D eigenvalue weighted by molar-refractivity contribution is -0.120. The highest BCUT2D eigenvalue weighted by Gasteiger charge is 2.14. The molecule has 1 N–H and O–H groups in total. The SMILES string of the molecule is O=C(CCS(=O)(=O)Cc1ccccc1)NCc1ccccc1. The van der Waals surface area contributed by atoms with E-state index >= 15 is 0 Å². The first kappa shape index (κ1) is 16.2. The number of hydrogen-bond acceptors (Lipinski definition) is 3. The Balaban J connectivity index is 1.78. The van der Waals surface area contributed by atoms with Crippen LogP contribution in [0.25, 0.3) is 0 Å². The summed E-state index contributed by atoms with van der Waals surface area (Å²) in [6, 6.07) is 18.5. The van der Waals surface area contributed by atoms with Crippen molar-refractivity contribution in [3.63, 3.8) is 0 Å². The predicted octanol–water partition coefficient (Wildman–Crippen LogP) is 2.31. The number of sulfone groups is 1. The van der Waals surface area contributed by atoms with Gasteiger partial charge in [0.1, 0.15) is 0 Å². The first-order chi connectivity index (χ1) is 10.6. The Bertz CT molecular complexity index is 697. The zero-order valence-electron chi connectivity index (χ0n) is 12.2. The molecule has 0 aliphatic carbocycles. The van der Waals surface area contributed by atoms with Crippen LogP contribution in [0.2, 0.25) is 0 Å². The van der Waals surface area contributed by atoms with Gasteiger partial charge < -0.3 is 5.32 Å². The van der Waals surface area contributed by atoms with Crippen molar-refractivity contribution < 1.29 is 13.2 Å². The number of rotatable bonds is 7. The summed E-state index contributed by atoms with van der Waals surface area (Å²) >= 11 is 0. The van der Waals surface area contributed by atoms with Crippen molar-refractivity contribution in [1.82, 2.24) is 5.32 Å². The van der Waals surface area contributed by atoms with E-state index in [9.17, 15) is 13.2 Å². The average molecular weight is 317 g/mol. The van der Waals surface area contributed by atoms with Crippen LogP contribution in [0.5, 0.6) is 0 Å². The molecule has 0 aliphatic heterocycles. The standard InChI is InChI=1S/C17H19NO3S/c19-17(18-13-15-7-3-1-4-8-15)11-12-22(20,21)14-16-9-5-2-6-10-16/h1-10H,11-14H2,(H,18,19). The summed E-state index contributed by atoms with van der Waals surface area (Å²) in [7, 11) is -3.27. The Hall–Kier alpha value is -2.14. The Labute approximate surface area is 131 Å². The smallest absolute Gasteiger partial charge is 0.221 e. The molecule has 0 bridgehead atoms. The second-order valence-electron chi connectivity index (χ2n) is 5.09. The quantitative estimate of drug-likeness (QED) is 0.852. The number of carbonyl (C=O) groups is 1. The molecule has 0 spiro atoms. The van der Waals surface area contributed by atoms with Gasteiger partial charge in [-0.3, -0.25) is 4.79 Å². The number of amides is 1. The summed E-state index contributed by atoms with van der Waals surface area (Å²) in [4.78, 5) is 11.7. The molecular weight excluding hydrogens is 298 g/mol. The van der Waals surface area contributed by atoms with Crippen molar-refractivity contribution in [3.05, 3.63) is 71.8 Å². The Kier molecular flexibility index (Phi) is 5.72. The molecule has 0 unspecified atom stereocenters. The van der Waals surface area contributed by atoms with E-state index < -0.39 is 9.84 Å². The molecule has 0 aliphatic rings. The third-order valence-corrected chi connectivity index (χ3v) is 4.80. The molecule has 0 fully saturated rings. The van der Waals surface area contributed by atoms with Crippen LogP contribution >= 0.6 is 0 Å². The molecular formula is C17H19NO3S. The van der Waals surface area contributed by atoms with Crippen LogP contribution in [0.15, 0.2) is 60.7 Å². The van der Waals surface area contributed by atoms with Crippen molar-refractivity contribution in [2.45, 2.75) is 18.7 Å². The number of nitrogens with one attached hydrogen (secondary N) is 1. The minimum Gasteiger partial charge on any atom is -0.352 e. The topological polar surface area (TPSA) is 63.2 Å². The molecule has 4 nitrogen and oxygen atoms in total. The Morgan fingerprint density at radius 3 is 2.00 bits per heavy atom. The molecule has 5 heteroatoms. The van der Waals surface area contributed by atoms with Gasteiger partial charge in [0.15, 0.2) is 9.84 Å². The van der Waals surface area contributed by atoms with E-state index in [2.05, 4.69) is 5.32 Å². The van der Waals surface area contributed by atoms with Crippen LogP contribution in [-0.4, -0.2) is 20.1 Å². The molecule has 0 atom stereocenters. The number of benzene rings is 2. The summed E-state index contributed by atoms with van der Waals surface area (Å²) in [6.07, 6.45) is -0.0119. The van der Waals surface area contributed by atoms with Gasteiger partial charge >= 0.3 is 0 Å². The fourth-order valence-electron chi connectivity index (χ4n) is 2.03. The fourth-order valence-corrected chi connectivity index (χ4v) is 3.37. The maximum Gasteiger partial charge on any atom is 0.221 e. The van der Waals surface area contributed by atoms with Gasteiger partial charge in [0.05, 0.1) is 11.5 Å². The van der Waals surface area contributed by atoms with Crippen molar-refractivity contribution in [2.75, 3.05) is 5.75 Å². The highest BCUT2D eigenvalue weighted by molar-refractivity contribution is 7.90. The Morgan fingerprint density at radius 2 is 1.41 bits per heavy atom. The maximum atomic E-state index is 12.0. The zero-order chi connectivity index (χ0) is 15.8. The van der Waals surface area contributed by atoms with E-state index in [1.807, 2.05) is 36.4 Å². The normalized spacial score (nSPS) is 11.1. The second-order valence-corrected chi connectivity index (χ2v) is 7.27. The summed E-state index contributed by atoms with van der Waals surface area (Å²) in [5.74, 6) is -0.414. The highest BCUT2D eigenvalue weighted by atomic mass is 32.2. The van der Waals surface area contributed by atoms with Gasteiger partial charge in [-0.2, -0.15) is 0 Å². The van der Waals surface area contributed by atoms with Crippen LogP contribution in [0, 0.1) is 0 Å². The van der Waals surface area contributed by atoms with Gasteiger partial charge in [0.2, 0.25) is 5.91 Å². The summed E-state index contributed by atoms with van der Waals surface area (Å²) in [5.41, 5.74) is 1.73. The van der Waals surface area contributed by atoms with Crippen LogP contribution < -0.4 is 5.32 Å². The molecule has 2 aromatic rings. The van der Waals surface area contributed by atoms with Crippen molar-refractivity contribution in [3.8, 4) is 0 Å². The molecule has 0 radical (unpaired) electrons. The van der Waals surface area contributed by atoms with Gasteiger partial charge in [0, 0.05) is 13.0 Å². The molecule has 22 heavy (non-hydrogen) atoms. The fraction of sp³-hybridized carbons (Fsp3) is 0.235. The molecule has 1 amide bonds. The molecule has 0 saturated heterocycles. The lowest BCUT2D eigenvalue weighted by atomic mass is 10.2. The van der Waals surface area contributed by atoms with Crippen molar-refractivity contribution in [2.24, 2.45) is 0 Å². The number of hydrogen-bond donors (Lipinski definition) is 1. The van der Waals surface area contributed by atoms with Crippen LogP contribution in [-0.2, 0) is 26.9 Å². The van der Waals surface area contributed by atoms with E-state index in [-0.39, 0.29) is 23.8 Å². The third-order valence-electron chi connectivity index (χ3n) is 3.20. The largest absolute Gasteiger partial charge is 0.352 e. The summed E-state index contributed by atoms with van der Waals surface area (Å²) in [6.45, 7) is 0.415. The van der Waals surface area contributed by atoms with E-state index in [1.54, 1.807) is 24.3 Å². The van der Waals surface area contributed by atoms with Crippen molar-refractivity contribution in [1.29, 1.82) is 0 Å². The van der Waals surface area contributed by atoms with Gasteiger partial charge in [-0.25, -0.2) is 8.42 Å². The molecule has 0 saturated carbocycles. The van der Waals surface area contributed by atoms with Crippen molar-refractivity contribution >= 4 is 15.7 Å². The lowest BCUT2D eigenvalue weighted by Crippen LogP contribution is -2.25. The van der Waals surface area contributed by atoms with E-state index in [0.29, 0.717) is 6.54 Å². The van der Waals surface area contributed by atoms with Gasteiger partial charge in [0.25, 0.3) is 0 Å². The van der Waals surface area contributed by atoms with Gasteiger partial charge in [-0.15, -0.1) is 0 Å². The first-order valence-corrected chi connectivity index (χ1v) is 8.92. The van der Waals surface area contributed by atoms with Gasteiger partial charge in [-0.1, -0.05) is 60.7 Å². The summed E-state index contributed by atoms with van der Waals surface area (Å²) < 4.78 is 24.0.